The zero-order valence-electron chi connectivity index (χ0n) is 24.9. The van der Waals surface area contributed by atoms with Crippen molar-refractivity contribution in [1.82, 2.24) is 0 Å². The van der Waals surface area contributed by atoms with Gasteiger partial charge >= 0.3 is 14.9 Å². The summed E-state index contributed by atoms with van der Waals surface area (Å²) in [5.41, 5.74) is 1.69. The lowest BCUT2D eigenvalue weighted by molar-refractivity contribution is 0.103. The third-order valence-electron chi connectivity index (χ3n) is 7.25. The molecule has 0 saturated carbocycles. The molecule has 0 aromatic heterocycles. The molecule has 0 radical (unpaired) electrons. The van der Waals surface area contributed by atoms with E-state index in [9.17, 15) is 26.9 Å². The standard InChI is InChI=1S/C32H32B2F4O4/c1-17(41-33(35)36)9-27(39)23-13-19-11-22(32(6,7)8)16-26-24(28(40)10-18(2)42-34(37)38)14-20-12-21(31(3,4)5)15-25(23)29(20)30(19)26/h9-16H,1-8H3/b17-9-,18-10-. The molecular weight excluding hydrogens is 546 g/mol. The van der Waals surface area contributed by atoms with E-state index in [0.29, 0.717) is 32.7 Å². The minimum atomic E-state index is -3.06. The number of ketones is 2. The van der Waals surface area contributed by atoms with Gasteiger partial charge in [-0.25, -0.2) is 17.3 Å². The summed E-state index contributed by atoms with van der Waals surface area (Å²) in [4.78, 5) is 27.2. The van der Waals surface area contributed by atoms with Gasteiger partial charge in [-0.05, 0) is 92.4 Å². The van der Waals surface area contributed by atoms with Crippen LogP contribution >= 0.6 is 0 Å². The molecule has 218 valence electrons. The van der Waals surface area contributed by atoms with E-state index >= 15 is 0 Å². The summed E-state index contributed by atoms with van der Waals surface area (Å²) in [7, 11) is -6.12. The summed E-state index contributed by atoms with van der Waals surface area (Å²) < 4.78 is 60.2. The van der Waals surface area contributed by atoms with Crippen molar-refractivity contribution in [3.63, 3.8) is 0 Å². The van der Waals surface area contributed by atoms with E-state index in [1.54, 1.807) is 12.1 Å². The van der Waals surface area contributed by atoms with Crippen molar-refractivity contribution in [1.29, 1.82) is 0 Å². The maximum Gasteiger partial charge on any atom is 0.796 e. The molecular formula is C32H32B2F4O4. The largest absolute Gasteiger partial charge is 0.796 e. The SMILES string of the molecule is C/C(=C/C(=O)c1cc2cc(C(C)(C)C)cc3c(C(=O)/C=C(/C)OB(F)F)cc4cc(C(C)(C)C)cc1c4c23)OB(F)F. The van der Waals surface area contributed by atoms with Crippen molar-refractivity contribution >= 4 is 58.8 Å². The van der Waals surface area contributed by atoms with Gasteiger partial charge in [0.15, 0.2) is 11.6 Å². The molecule has 10 heteroatoms. The van der Waals surface area contributed by atoms with Gasteiger partial charge in [-0.1, -0.05) is 53.7 Å². The van der Waals surface area contributed by atoms with Gasteiger partial charge in [0.05, 0.1) is 11.5 Å². The molecule has 42 heavy (non-hydrogen) atoms. The van der Waals surface area contributed by atoms with E-state index in [2.05, 4.69) is 9.31 Å². The number of rotatable bonds is 8. The van der Waals surface area contributed by atoms with Crippen LogP contribution < -0.4 is 0 Å². The molecule has 0 N–H and O–H groups in total. The van der Waals surface area contributed by atoms with Crippen LogP contribution in [0, 0.1) is 0 Å². The molecule has 0 unspecified atom stereocenters. The van der Waals surface area contributed by atoms with E-state index < -0.39 is 26.5 Å². The second-order valence-corrected chi connectivity index (χ2v) is 12.6. The Morgan fingerprint density at radius 3 is 1.24 bits per heavy atom. The molecule has 4 nitrogen and oxygen atoms in total. The first-order valence-corrected chi connectivity index (χ1v) is 13.5. The number of carbonyl (C=O) groups is 2. The molecule has 0 aliphatic carbocycles. The molecule has 4 rings (SSSR count). The van der Waals surface area contributed by atoms with E-state index in [-0.39, 0.29) is 22.3 Å². The second-order valence-electron chi connectivity index (χ2n) is 12.6. The molecule has 0 spiro atoms. The molecule has 4 aromatic rings. The molecule has 0 amide bonds. The summed E-state index contributed by atoms with van der Waals surface area (Å²) in [5, 5.41) is 4.05. The van der Waals surface area contributed by atoms with Crippen LogP contribution in [0.2, 0.25) is 0 Å². The smallest absolute Gasteiger partial charge is 0.509 e. The number of benzene rings is 4. The van der Waals surface area contributed by atoms with E-state index in [4.69, 9.17) is 0 Å². The third kappa shape index (κ3) is 6.32. The molecule has 4 aromatic carbocycles. The number of hydrogen-bond donors (Lipinski definition) is 0. The highest BCUT2D eigenvalue weighted by Gasteiger charge is 2.26. The van der Waals surface area contributed by atoms with Crippen LogP contribution in [0.25, 0.3) is 32.3 Å². The lowest BCUT2D eigenvalue weighted by Crippen LogP contribution is -2.13. The van der Waals surface area contributed by atoms with Crippen LogP contribution in [0.15, 0.2) is 60.1 Å². The van der Waals surface area contributed by atoms with E-state index in [1.165, 1.54) is 13.8 Å². The monoisotopic (exact) mass is 578 g/mol. The number of carbonyl (C=O) groups excluding carboxylic acids is 2. The molecule has 0 fully saturated rings. The van der Waals surface area contributed by atoms with Gasteiger partial charge in [-0.15, -0.1) is 0 Å². The molecule has 0 aliphatic heterocycles. The first-order valence-electron chi connectivity index (χ1n) is 13.5. The lowest BCUT2D eigenvalue weighted by atomic mass is 9.78. The van der Waals surface area contributed by atoms with Crippen LogP contribution in [-0.2, 0) is 20.1 Å². The van der Waals surface area contributed by atoms with Crippen molar-refractivity contribution in [2.75, 3.05) is 0 Å². The van der Waals surface area contributed by atoms with Crippen LogP contribution in [0.4, 0.5) is 17.3 Å². The normalized spacial score (nSPS) is 13.2. The van der Waals surface area contributed by atoms with Crippen molar-refractivity contribution in [3.05, 3.63) is 82.3 Å². The van der Waals surface area contributed by atoms with E-state index in [0.717, 1.165) is 34.1 Å². The number of halogens is 4. The van der Waals surface area contributed by atoms with Gasteiger partial charge in [0.25, 0.3) is 0 Å². The van der Waals surface area contributed by atoms with Crippen LogP contribution in [0.5, 0.6) is 0 Å². The van der Waals surface area contributed by atoms with Crippen molar-refractivity contribution in [3.8, 4) is 0 Å². The Morgan fingerprint density at radius 2 is 0.952 bits per heavy atom. The average Bonchev–Trinajstić information content (AvgIpc) is 2.83. The predicted molar refractivity (Wildman–Crippen MR) is 162 cm³/mol. The second kappa shape index (κ2) is 11.1. The fraction of sp³-hybridized carbons (Fsp3) is 0.312. The molecule has 0 heterocycles. The molecule has 0 atom stereocenters. The highest BCUT2D eigenvalue weighted by atomic mass is 19.2. The molecule has 0 saturated heterocycles. The lowest BCUT2D eigenvalue weighted by Gasteiger charge is -2.25. The zero-order chi connectivity index (χ0) is 31.3. The topological polar surface area (TPSA) is 52.6 Å². The first kappa shape index (κ1) is 31.1. The van der Waals surface area contributed by atoms with Gasteiger partial charge in [0.1, 0.15) is 0 Å². The Kier molecular flexibility index (Phi) is 8.24. The Labute approximate surface area is 243 Å². The van der Waals surface area contributed by atoms with Crippen LogP contribution in [0.1, 0.15) is 87.2 Å². The number of allylic oxidation sites excluding steroid dienone is 4. The van der Waals surface area contributed by atoms with Gasteiger partial charge < -0.3 is 9.31 Å². The summed E-state index contributed by atoms with van der Waals surface area (Å²) in [6.45, 7) is 14.7. The summed E-state index contributed by atoms with van der Waals surface area (Å²) in [6, 6.07) is 11.2. The van der Waals surface area contributed by atoms with E-state index in [1.807, 2.05) is 65.8 Å². The van der Waals surface area contributed by atoms with Crippen LogP contribution in [0.3, 0.4) is 0 Å². The quantitative estimate of drug-likeness (QED) is 0.0523. The summed E-state index contributed by atoms with van der Waals surface area (Å²) >= 11 is 0. The third-order valence-corrected chi connectivity index (χ3v) is 7.25. The fourth-order valence-corrected chi connectivity index (χ4v) is 5.15. The maximum absolute atomic E-state index is 13.6. The highest BCUT2D eigenvalue weighted by molar-refractivity contribution is 6.36. The van der Waals surface area contributed by atoms with Gasteiger partial charge in [0.2, 0.25) is 0 Å². The Balaban J connectivity index is 2.17. The maximum atomic E-state index is 13.6. The van der Waals surface area contributed by atoms with Crippen LogP contribution in [-0.4, -0.2) is 26.5 Å². The Morgan fingerprint density at radius 1 is 0.619 bits per heavy atom. The molecule has 0 aliphatic rings. The Hall–Kier alpha value is -3.81. The average molecular weight is 578 g/mol. The molecule has 0 bridgehead atoms. The van der Waals surface area contributed by atoms with Crippen molar-refractivity contribution in [2.45, 2.75) is 66.2 Å². The predicted octanol–water partition coefficient (Wildman–Crippen LogP) is 9.23. The summed E-state index contributed by atoms with van der Waals surface area (Å²) in [6.07, 6.45) is 2.11. The first-order chi connectivity index (χ1) is 19.4. The highest BCUT2D eigenvalue weighted by Crippen LogP contribution is 2.43. The zero-order valence-corrected chi connectivity index (χ0v) is 24.9. The van der Waals surface area contributed by atoms with Gasteiger partial charge in [-0.3, -0.25) is 9.59 Å². The van der Waals surface area contributed by atoms with Crippen molar-refractivity contribution < 1.29 is 36.2 Å². The van der Waals surface area contributed by atoms with Gasteiger partial charge in [0, 0.05) is 23.3 Å². The minimum Gasteiger partial charge on any atom is -0.509 e. The number of hydrogen-bond acceptors (Lipinski definition) is 4. The van der Waals surface area contributed by atoms with Gasteiger partial charge in [-0.2, -0.15) is 0 Å². The fourth-order valence-electron chi connectivity index (χ4n) is 5.15. The summed E-state index contributed by atoms with van der Waals surface area (Å²) in [5.74, 6) is -1.42. The minimum absolute atomic E-state index is 0.215. The Bertz CT molecular complexity index is 1630. The van der Waals surface area contributed by atoms with Crippen molar-refractivity contribution in [2.24, 2.45) is 0 Å².